The highest BCUT2D eigenvalue weighted by Crippen LogP contribution is 2.37. The summed E-state index contributed by atoms with van der Waals surface area (Å²) in [5.41, 5.74) is 5.57. The van der Waals surface area contributed by atoms with Crippen molar-refractivity contribution in [1.82, 2.24) is 4.98 Å². The van der Waals surface area contributed by atoms with E-state index in [0.717, 1.165) is 33.3 Å². The molecule has 0 atom stereocenters. The van der Waals surface area contributed by atoms with E-state index in [1.165, 1.54) is 13.8 Å². The third kappa shape index (κ3) is 2.90. The zero-order valence-electron chi connectivity index (χ0n) is 21.3. The molecule has 0 unspecified atom stereocenters. The van der Waals surface area contributed by atoms with Crippen molar-refractivity contribution in [2.45, 2.75) is 53.3 Å². The second-order valence-electron chi connectivity index (χ2n) is 7.58. The van der Waals surface area contributed by atoms with E-state index in [9.17, 15) is 0 Å². The average Bonchev–Trinajstić information content (AvgIpc) is 3.04. The average molecular weight is 378 g/mol. The van der Waals surface area contributed by atoms with E-state index in [-0.39, 0.29) is 5.92 Å². The van der Waals surface area contributed by atoms with E-state index in [2.05, 4.69) is 13.8 Å². The first-order valence-corrected chi connectivity index (χ1v) is 9.67. The Morgan fingerprint density at radius 1 is 1.07 bits per heavy atom. The van der Waals surface area contributed by atoms with Crippen LogP contribution >= 0.6 is 0 Å². The lowest BCUT2D eigenvalue weighted by Crippen LogP contribution is -2.32. The van der Waals surface area contributed by atoms with Gasteiger partial charge in [-0.1, -0.05) is 39.8 Å². The van der Waals surface area contributed by atoms with Crippen LogP contribution in [0.4, 0.5) is 0 Å². The Morgan fingerprint density at radius 3 is 2.46 bits per heavy atom. The monoisotopic (exact) mass is 377 g/mol. The summed E-state index contributed by atoms with van der Waals surface area (Å²) < 4.78 is 41.3. The van der Waals surface area contributed by atoms with Crippen LogP contribution in [0.5, 0.6) is 0 Å². The number of aryl methyl sites for hydroxylation is 4. The lowest BCUT2D eigenvalue weighted by molar-refractivity contribution is -0.660. The first-order valence-electron chi connectivity index (χ1n) is 11.7. The van der Waals surface area contributed by atoms with Crippen molar-refractivity contribution in [1.29, 1.82) is 0 Å². The van der Waals surface area contributed by atoms with Crippen molar-refractivity contribution in [3.8, 4) is 11.3 Å². The van der Waals surface area contributed by atoms with Gasteiger partial charge in [0.2, 0.25) is 11.4 Å². The van der Waals surface area contributed by atoms with Gasteiger partial charge in [0, 0.05) is 33.6 Å². The van der Waals surface area contributed by atoms with Crippen LogP contribution in [0, 0.1) is 6.92 Å². The molecular weight excluding hydrogens is 344 g/mol. The number of benzene rings is 1. The number of rotatable bonds is 4. The SMILES string of the molecule is [2H]C([2H])(C)c1cc(-c2c(C)ccc3c2oc2nc(C(C)C)ccc23)[n+](C)cc1C([2H])([2H])C. The fourth-order valence-electron chi connectivity index (χ4n) is 3.78. The molecule has 144 valence electrons. The Bertz CT molecular complexity index is 1340. The third-order valence-corrected chi connectivity index (χ3v) is 5.40. The van der Waals surface area contributed by atoms with Crippen molar-refractivity contribution in [2.75, 3.05) is 0 Å². The predicted octanol–water partition coefficient (Wildman–Crippen LogP) is 6.03. The van der Waals surface area contributed by atoms with Gasteiger partial charge in [0.05, 0.1) is 5.56 Å². The van der Waals surface area contributed by atoms with Gasteiger partial charge < -0.3 is 4.42 Å². The highest BCUT2D eigenvalue weighted by molar-refractivity contribution is 6.08. The number of hydrogen-bond donors (Lipinski definition) is 0. The number of aromatic nitrogens is 2. The molecule has 0 N–H and O–H groups in total. The molecule has 0 aliphatic carbocycles. The molecule has 3 heterocycles. The topological polar surface area (TPSA) is 29.9 Å². The van der Waals surface area contributed by atoms with Crippen LogP contribution in [-0.2, 0) is 19.8 Å². The van der Waals surface area contributed by atoms with Gasteiger partial charge in [0.15, 0.2) is 11.8 Å². The Hall–Kier alpha value is -2.68. The van der Waals surface area contributed by atoms with Crippen LogP contribution in [0.1, 0.15) is 61.5 Å². The molecule has 3 aromatic heterocycles. The Morgan fingerprint density at radius 2 is 1.79 bits per heavy atom. The number of pyridine rings is 2. The zero-order valence-corrected chi connectivity index (χ0v) is 17.3. The van der Waals surface area contributed by atoms with Gasteiger partial charge in [-0.2, -0.15) is 0 Å². The summed E-state index contributed by atoms with van der Waals surface area (Å²) in [5, 5.41) is 1.90. The molecule has 28 heavy (non-hydrogen) atoms. The normalized spacial score (nSPS) is 15.0. The Labute approximate surface area is 172 Å². The van der Waals surface area contributed by atoms with E-state index in [1.54, 1.807) is 12.3 Å². The summed E-state index contributed by atoms with van der Waals surface area (Å²) in [5.74, 6) is 0.289. The van der Waals surface area contributed by atoms with E-state index in [1.807, 2.05) is 42.8 Å². The maximum absolute atomic E-state index is 8.35. The van der Waals surface area contributed by atoms with Gasteiger partial charge in [-0.25, -0.2) is 9.55 Å². The minimum absolute atomic E-state index is 0.289. The van der Waals surface area contributed by atoms with Crippen LogP contribution in [0.15, 0.2) is 40.9 Å². The summed E-state index contributed by atoms with van der Waals surface area (Å²) >= 11 is 0. The molecular formula is C25H29N2O+. The smallest absolute Gasteiger partial charge is 0.227 e. The van der Waals surface area contributed by atoms with Gasteiger partial charge in [-0.15, -0.1) is 0 Å². The van der Waals surface area contributed by atoms with Gasteiger partial charge in [-0.05, 0) is 48.8 Å². The van der Waals surface area contributed by atoms with Gasteiger partial charge >= 0.3 is 0 Å². The summed E-state index contributed by atoms with van der Waals surface area (Å²) in [6.45, 7) is 9.12. The second-order valence-corrected chi connectivity index (χ2v) is 7.58. The van der Waals surface area contributed by atoms with Crippen LogP contribution in [0.25, 0.3) is 33.3 Å². The molecule has 0 bridgehead atoms. The van der Waals surface area contributed by atoms with E-state index in [0.29, 0.717) is 22.4 Å². The number of fused-ring (bicyclic) bond motifs is 3. The maximum atomic E-state index is 8.35. The molecule has 4 aromatic rings. The highest BCUT2D eigenvalue weighted by Gasteiger charge is 2.22. The molecule has 0 saturated heterocycles. The standard InChI is InChI=1S/C25H29N2O/c1-7-17-13-22(27(6)14-18(17)8-2)23-16(5)9-10-19-20-11-12-21(15(3)4)26-25(20)28-24(19)23/h9-15H,7-8H2,1-6H3/q+1/i7D2,8D2. The highest BCUT2D eigenvalue weighted by atomic mass is 16.3. The first kappa shape index (κ1) is 14.3. The summed E-state index contributed by atoms with van der Waals surface area (Å²) in [6.07, 6.45) is -1.68. The fourth-order valence-corrected chi connectivity index (χ4v) is 3.78. The number of hydrogen-bond acceptors (Lipinski definition) is 2. The van der Waals surface area contributed by atoms with Gasteiger partial charge in [0.1, 0.15) is 7.05 Å². The minimum atomic E-state index is -1.70. The largest absolute Gasteiger partial charge is 0.437 e. The molecule has 0 radical (unpaired) electrons. The molecule has 0 aliphatic heterocycles. The molecule has 0 spiro atoms. The molecule has 1 aromatic carbocycles. The molecule has 0 aliphatic rings. The lowest BCUT2D eigenvalue weighted by atomic mass is 9.97. The van der Waals surface area contributed by atoms with E-state index in [4.69, 9.17) is 14.9 Å². The maximum Gasteiger partial charge on any atom is 0.227 e. The molecule has 0 amide bonds. The van der Waals surface area contributed by atoms with Crippen molar-refractivity contribution in [2.24, 2.45) is 7.05 Å². The van der Waals surface area contributed by atoms with Crippen LogP contribution in [0.2, 0.25) is 0 Å². The minimum Gasteiger partial charge on any atom is -0.437 e. The Balaban J connectivity index is 2.07. The molecule has 3 heteroatoms. The lowest BCUT2D eigenvalue weighted by Gasteiger charge is -2.10. The zero-order chi connectivity index (χ0) is 23.6. The van der Waals surface area contributed by atoms with Crippen LogP contribution < -0.4 is 4.57 Å². The summed E-state index contributed by atoms with van der Waals surface area (Å²) in [6, 6.07) is 9.92. The van der Waals surface area contributed by atoms with E-state index >= 15 is 0 Å². The fraction of sp³-hybridized carbons (Fsp3) is 0.360. The van der Waals surface area contributed by atoms with Gasteiger partial charge in [-0.3, -0.25) is 0 Å². The molecule has 4 rings (SSSR count). The Kier molecular flexibility index (Phi) is 3.61. The predicted molar refractivity (Wildman–Crippen MR) is 116 cm³/mol. The van der Waals surface area contributed by atoms with E-state index < -0.39 is 12.7 Å². The summed E-state index contributed by atoms with van der Waals surface area (Å²) in [7, 11) is 1.86. The molecule has 0 saturated carbocycles. The molecule has 0 fully saturated rings. The first-order chi connectivity index (χ1) is 14.8. The number of nitrogens with zero attached hydrogens (tertiary/aromatic N) is 2. The van der Waals surface area contributed by atoms with Gasteiger partial charge in [0.25, 0.3) is 0 Å². The van der Waals surface area contributed by atoms with Crippen LogP contribution in [-0.4, -0.2) is 4.98 Å². The quantitative estimate of drug-likeness (QED) is 0.406. The molecule has 3 nitrogen and oxygen atoms in total. The second kappa shape index (κ2) is 7.05. The summed E-state index contributed by atoms with van der Waals surface area (Å²) in [4.78, 5) is 4.72. The van der Waals surface area contributed by atoms with Crippen LogP contribution in [0.3, 0.4) is 0 Å². The van der Waals surface area contributed by atoms with Crippen molar-refractivity contribution >= 4 is 22.1 Å². The van der Waals surface area contributed by atoms with Crippen molar-refractivity contribution in [3.63, 3.8) is 0 Å². The van der Waals surface area contributed by atoms with Crippen molar-refractivity contribution < 1.29 is 14.5 Å². The number of furan rings is 1. The third-order valence-electron chi connectivity index (χ3n) is 5.40. The van der Waals surface area contributed by atoms with Crippen molar-refractivity contribution in [3.05, 3.63) is 58.9 Å².